The van der Waals surface area contributed by atoms with Gasteiger partial charge in [-0.3, -0.25) is 9.58 Å². The smallest absolute Gasteiger partial charge is 0.341 e. The second kappa shape index (κ2) is 13.2. The number of carbonyl (C=O) groups is 1. The van der Waals surface area contributed by atoms with Gasteiger partial charge in [-0.05, 0) is 76.6 Å². The lowest BCUT2D eigenvalue weighted by Gasteiger charge is -2.38. The van der Waals surface area contributed by atoms with E-state index in [0.29, 0.717) is 43.0 Å². The molecule has 0 radical (unpaired) electrons. The molecule has 4 aromatic rings. The van der Waals surface area contributed by atoms with Gasteiger partial charge in [-0.2, -0.15) is 5.10 Å². The van der Waals surface area contributed by atoms with Crippen molar-refractivity contribution < 1.29 is 19.0 Å². The number of aryl methyl sites for hydroxylation is 1. The lowest BCUT2D eigenvalue weighted by molar-refractivity contribution is 0.0444. The molecule has 5 rings (SSSR count). The van der Waals surface area contributed by atoms with Gasteiger partial charge in [-0.1, -0.05) is 12.1 Å². The number of nitrogens with zero attached hydrogens (tertiary/aromatic N) is 6. The minimum atomic E-state index is -0.539. The van der Waals surface area contributed by atoms with Gasteiger partial charge in [0.05, 0.1) is 17.6 Å². The SMILES string of the molecule is Cc1cnc(Nc2ccc(N3CCC(N(C)CCOC(=O)c4ccccc4O)CC3)c(F)c2)nc1-c1cnn(C(C)C)c1. The van der Waals surface area contributed by atoms with Crippen molar-refractivity contribution in [3.63, 3.8) is 0 Å². The summed E-state index contributed by atoms with van der Waals surface area (Å²) in [5.41, 5.74) is 3.91. The molecule has 1 saturated heterocycles. The van der Waals surface area contributed by atoms with E-state index in [1.54, 1.807) is 30.6 Å². The third-order valence-electron chi connectivity index (χ3n) is 7.81. The van der Waals surface area contributed by atoms with Crippen LogP contribution in [0.2, 0.25) is 0 Å². The summed E-state index contributed by atoms with van der Waals surface area (Å²) < 4.78 is 22.5. The molecule has 11 heteroatoms. The van der Waals surface area contributed by atoms with Crippen LogP contribution in [0, 0.1) is 12.7 Å². The molecule has 3 heterocycles. The highest BCUT2D eigenvalue weighted by Gasteiger charge is 2.24. The molecule has 43 heavy (non-hydrogen) atoms. The summed E-state index contributed by atoms with van der Waals surface area (Å²) in [6.45, 7) is 8.31. The number of nitrogens with one attached hydrogen (secondary N) is 1. The molecular weight excluding hydrogens is 549 g/mol. The molecule has 1 aliphatic rings. The quantitative estimate of drug-likeness (QED) is 0.230. The van der Waals surface area contributed by atoms with Crippen molar-refractivity contribution in [1.29, 1.82) is 0 Å². The Bertz CT molecular complexity index is 1570. The maximum absolute atomic E-state index is 15.3. The third-order valence-corrected chi connectivity index (χ3v) is 7.81. The molecule has 2 aromatic heterocycles. The number of anilines is 3. The van der Waals surface area contributed by atoms with Crippen LogP contribution >= 0.6 is 0 Å². The number of esters is 1. The first kappa shape index (κ1) is 30.0. The standard InChI is InChI=1S/C32H38FN7O3/c1-21(2)40-20-23(19-35-40)30-22(3)18-34-32(37-30)36-24-9-10-28(27(33)17-24)39-13-11-25(12-14-39)38(4)15-16-43-31(42)26-7-5-6-8-29(26)41/h5-10,17-21,25,41H,11-16H2,1-4H3,(H,34,36,37). The molecule has 1 fully saturated rings. The van der Waals surface area contributed by atoms with Gasteiger partial charge in [0.15, 0.2) is 0 Å². The number of rotatable bonds is 10. The van der Waals surface area contributed by atoms with Crippen molar-refractivity contribution in [1.82, 2.24) is 24.6 Å². The van der Waals surface area contributed by atoms with Gasteiger partial charge in [-0.15, -0.1) is 0 Å². The molecule has 0 spiro atoms. The Hall–Kier alpha value is -4.51. The zero-order valence-electron chi connectivity index (χ0n) is 25.0. The topological polar surface area (TPSA) is 109 Å². The number of hydrogen-bond donors (Lipinski definition) is 2. The lowest BCUT2D eigenvalue weighted by Crippen LogP contribution is -2.44. The number of phenolic OH excluding ortho intramolecular Hbond substituents is 1. The van der Waals surface area contributed by atoms with Crippen molar-refractivity contribution in [2.75, 3.05) is 43.5 Å². The van der Waals surface area contributed by atoms with Gasteiger partial charge >= 0.3 is 5.97 Å². The highest BCUT2D eigenvalue weighted by molar-refractivity contribution is 5.92. The predicted octanol–water partition coefficient (Wildman–Crippen LogP) is 5.58. The number of hydrogen-bond acceptors (Lipinski definition) is 9. The molecule has 0 amide bonds. The number of aromatic hydroxyl groups is 1. The maximum Gasteiger partial charge on any atom is 0.341 e. The van der Waals surface area contributed by atoms with Gasteiger partial charge in [-0.25, -0.2) is 19.2 Å². The van der Waals surface area contributed by atoms with Gasteiger partial charge in [0.1, 0.15) is 23.7 Å². The first-order valence-electron chi connectivity index (χ1n) is 14.5. The minimum Gasteiger partial charge on any atom is -0.507 e. The van der Waals surface area contributed by atoms with Crippen LogP contribution in [-0.4, -0.2) is 75.1 Å². The zero-order chi connectivity index (χ0) is 30.5. The lowest BCUT2D eigenvalue weighted by atomic mass is 10.0. The van der Waals surface area contributed by atoms with E-state index in [2.05, 4.69) is 44.0 Å². The van der Waals surface area contributed by atoms with E-state index >= 15 is 4.39 Å². The van der Waals surface area contributed by atoms with Crippen molar-refractivity contribution in [3.8, 4) is 17.0 Å². The van der Waals surface area contributed by atoms with Crippen LogP contribution in [0.1, 0.15) is 48.7 Å². The van der Waals surface area contributed by atoms with Crippen LogP contribution in [0.15, 0.2) is 61.1 Å². The first-order valence-corrected chi connectivity index (χ1v) is 14.5. The van der Waals surface area contributed by atoms with Crippen molar-refractivity contribution >= 4 is 23.3 Å². The summed E-state index contributed by atoms with van der Waals surface area (Å²) in [6, 6.07) is 12.0. The molecule has 10 nitrogen and oxygen atoms in total. The number of likely N-dealkylation sites (N-methyl/N-ethyl adjacent to an activating group) is 1. The Labute approximate surface area is 251 Å². The summed E-state index contributed by atoms with van der Waals surface area (Å²) in [4.78, 5) is 25.5. The Morgan fingerprint density at radius 1 is 1.19 bits per heavy atom. The van der Waals surface area contributed by atoms with Crippen LogP contribution in [0.3, 0.4) is 0 Å². The van der Waals surface area contributed by atoms with Crippen molar-refractivity contribution in [3.05, 3.63) is 78.0 Å². The van der Waals surface area contributed by atoms with Gasteiger partial charge in [0.25, 0.3) is 0 Å². The van der Waals surface area contributed by atoms with E-state index in [1.165, 1.54) is 18.2 Å². The summed E-state index contributed by atoms with van der Waals surface area (Å²) in [5, 5.41) is 17.4. The molecule has 0 unspecified atom stereocenters. The van der Waals surface area contributed by atoms with Crippen LogP contribution in [0.4, 0.5) is 21.7 Å². The molecule has 2 aromatic carbocycles. The number of phenols is 1. The van der Waals surface area contributed by atoms with Crippen molar-refractivity contribution in [2.45, 2.75) is 45.7 Å². The largest absolute Gasteiger partial charge is 0.507 e. The third kappa shape index (κ3) is 7.11. The van der Waals surface area contributed by atoms with E-state index in [1.807, 2.05) is 30.9 Å². The Morgan fingerprint density at radius 2 is 1.95 bits per heavy atom. The molecule has 226 valence electrons. The summed E-state index contributed by atoms with van der Waals surface area (Å²) in [7, 11) is 2.00. The fourth-order valence-electron chi connectivity index (χ4n) is 5.24. The average molecular weight is 588 g/mol. The van der Waals surface area contributed by atoms with Crippen LogP contribution in [0.25, 0.3) is 11.3 Å². The monoisotopic (exact) mass is 587 g/mol. The number of ether oxygens (including phenoxy) is 1. The average Bonchev–Trinajstić information content (AvgIpc) is 3.49. The first-order chi connectivity index (χ1) is 20.7. The fraction of sp³-hybridized carbons (Fsp3) is 0.375. The highest BCUT2D eigenvalue weighted by atomic mass is 19.1. The number of carbonyl (C=O) groups excluding carboxylic acids is 1. The highest BCUT2D eigenvalue weighted by Crippen LogP contribution is 2.29. The Morgan fingerprint density at radius 3 is 2.65 bits per heavy atom. The number of piperidine rings is 1. The molecule has 2 N–H and O–H groups in total. The minimum absolute atomic E-state index is 0.0900. The summed E-state index contributed by atoms with van der Waals surface area (Å²) in [5.74, 6) is -0.547. The molecular formula is C32H38FN7O3. The van der Waals surface area contributed by atoms with E-state index < -0.39 is 5.97 Å². The number of para-hydroxylation sites is 1. The van der Waals surface area contributed by atoms with E-state index in [0.717, 1.165) is 29.7 Å². The predicted molar refractivity (Wildman–Crippen MR) is 164 cm³/mol. The zero-order valence-corrected chi connectivity index (χ0v) is 25.0. The second-order valence-corrected chi connectivity index (χ2v) is 11.2. The van der Waals surface area contributed by atoms with Gasteiger partial charge in [0, 0.05) is 55.4 Å². The molecule has 1 aliphatic heterocycles. The maximum atomic E-state index is 15.3. The normalized spacial score (nSPS) is 14.0. The van der Waals surface area contributed by atoms with E-state index in [9.17, 15) is 9.90 Å². The fourth-order valence-corrected chi connectivity index (χ4v) is 5.24. The molecule has 0 atom stereocenters. The van der Waals surface area contributed by atoms with Gasteiger partial charge < -0.3 is 20.1 Å². The number of benzene rings is 2. The molecule has 0 aliphatic carbocycles. The van der Waals surface area contributed by atoms with E-state index in [-0.39, 0.29) is 29.8 Å². The van der Waals surface area contributed by atoms with Gasteiger partial charge in [0.2, 0.25) is 5.95 Å². The Kier molecular flexibility index (Phi) is 9.20. The van der Waals surface area contributed by atoms with Crippen LogP contribution in [0.5, 0.6) is 5.75 Å². The number of aromatic nitrogens is 4. The second-order valence-electron chi connectivity index (χ2n) is 11.2. The van der Waals surface area contributed by atoms with Crippen LogP contribution in [-0.2, 0) is 4.74 Å². The Balaban J connectivity index is 1.14. The van der Waals surface area contributed by atoms with E-state index in [4.69, 9.17) is 4.74 Å². The number of halogens is 1. The summed E-state index contributed by atoms with van der Waals surface area (Å²) >= 11 is 0. The van der Waals surface area contributed by atoms with Crippen molar-refractivity contribution in [2.24, 2.45) is 0 Å². The molecule has 0 saturated carbocycles. The summed E-state index contributed by atoms with van der Waals surface area (Å²) in [6.07, 6.45) is 7.23. The van der Waals surface area contributed by atoms with Crippen LogP contribution < -0.4 is 10.2 Å². The molecule has 0 bridgehead atoms.